The van der Waals surface area contributed by atoms with Gasteiger partial charge in [0.25, 0.3) is 5.56 Å². The first-order valence-electron chi connectivity index (χ1n) is 12.7. The Morgan fingerprint density at radius 2 is 1.61 bits per heavy atom. The van der Waals surface area contributed by atoms with Gasteiger partial charge in [0.15, 0.2) is 0 Å². The Bertz CT molecular complexity index is 1420. The normalized spacial score (nSPS) is 12.2. The standard InChI is InChI=1S/C31H35N3O2/c1-21(2)19-29(35)33(18-17-25-11-7-6-8-12-25)24(5)30-32-28-14-10-9-13-27(28)31(36)34(30)26-16-15-22(3)23(4)20-26/h6-16,20-21,24H,17-19H2,1-5H3. The summed E-state index contributed by atoms with van der Waals surface area (Å²) >= 11 is 0. The average Bonchev–Trinajstić information content (AvgIpc) is 2.86. The first-order valence-corrected chi connectivity index (χ1v) is 12.7. The number of carbonyl (C=O) groups is 1. The van der Waals surface area contributed by atoms with Crippen LogP contribution >= 0.6 is 0 Å². The lowest BCUT2D eigenvalue weighted by molar-refractivity contribution is -0.134. The number of hydrogen-bond acceptors (Lipinski definition) is 3. The maximum Gasteiger partial charge on any atom is 0.266 e. The highest BCUT2D eigenvalue weighted by Gasteiger charge is 2.27. The van der Waals surface area contributed by atoms with Crippen molar-refractivity contribution in [3.8, 4) is 5.69 Å². The molecule has 0 spiro atoms. The predicted octanol–water partition coefficient (Wildman–Crippen LogP) is 6.18. The van der Waals surface area contributed by atoms with Crippen molar-refractivity contribution in [1.29, 1.82) is 0 Å². The first-order chi connectivity index (χ1) is 17.3. The maximum atomic E-state index is 13.8. The Labute approximate surface area is 213 Å². The highest BCUT2D eigenvalue weighted by Crippen LogP contribution is 2.25. The van der Waals surface area contributed by atoms with Crippen LogP contribution in [0.15, 0.2) is 77.6 Å². The van der Waals surface area contributed by atoms with Crippen molar-refractivity contribution in [2.45, 2.75) is 53.5 Å². The van der Waals surface area contributed by atoms with Crippen LogP contribution in [0.5, 0.6) is 0 Å². The van der Waals surface area contributed by atoms with E-state index in [1.807, 2.05) is 79.4 Å². The highest BCUT2D eigenvalue weighted by atomic mass is 16.2. The molecule has 0 aliphatic heterocycles. The number of hydrogen-bond donors (Lipinski definition) is 0. The fraction of sp³-hybridized carbons (Fsp3) is 0.323. The molecule has 0 bridgehead atoms. The molecule has 1 unspecified atom stereocenters. The third-order valence-corrected chi connectivity index (χ3v) is 6.78. The Balaban J connectivity index is 1.85. The second kappa shape index (κ2) is 10.9. The zero-order valence-corrected chi connectivity index (χ0v) is 21.9. The number of nitrogens with zero attached hydrogens (tertiary/aromatic N) is 3. The molecule has 0 aliphatic rings. The molecule has 0 saturated heterocycles. The van der Waals surface area contributed by atoms with Crippen LogP contribution in [0.4, 0.5) is 0 Å². The van der Waals surface area contributed by atoms with E-state index in [9.17, 15) is 9.59 Å². The molecule has 4 aromatic rings. The molecule has 5 nitrogen and oxygen atoms in total. The summed E-state index contributed by atoms with van der Waals surface area (Å²) in [6.45, 7) is 10.7. The number of rotatable bonds is 8. The van der Waals surface area contributed by atoms with E-state index in [1.54, 1.807) is 4.57 Å². The van der Waals surface area contributed by atoms with E-state index in [0.29, 0.717) is 29.7 Å². The monoisotopic (exact) mass is 481 g/mol. The second-order valence-electron chi connectivity index (χ2n) is 9.99. The molecule has 3 aromatic carbocycles. The molecular weight excluding hydrogens is 446 g/mol. The molecule has 5 heteroatoms. The van der Waals surface area contributed by atoms with Gasteiger partial charge in [0.2, 0.25) is 5.91 Å². The van der Waals surface area contributed by atoms with Crippen LogP contribution in [0, 0.1) is 19.8 Å². The Hall–Kier alpha value is -3.73. The molecule has 0 radical (unpaired) electrons. The summed E-state index contributed by atoms with van der Waals surface area (Å²) in [6, 6.07) is 23.2. The van der Waals surface area contributed by atoms with Crippen LogP contribution in [-0.4, -0.2) is 26.9 Å². The van der Waals surface area contributed by atoms with Gasteiger partial charge in [-0.15, -0.1) is 0 Å². The number of amides is 1. The minimum absolute atomic E-state index is 0.0717. The molecule has 0 N–H and O–H groups in total. The summed E-state index contributed by atoms with van der Waals surface area (Å²) < 4.78 is 1.69. The van der Waals surface area contributed by atoms with Gasteiger partial charge in [-0.05, 0) is 74.1 Å². The number of carbonyl (C=O) groups excluding carboxylic acids is 1. The van der Waals surface area contributed by atoms with Gasteiger partial charge in [0, 0.05) is 13.0 Å². The van der Waals surface area contributed by atoms with Crippen LogP contribution in [0.2, 0.25) is 0 Å². The van der Waals surface area contributed by atoms with Crippen molar-refractivity contribution in [2.24, 2.45) is 5.92 Å². The molecular formula is C31H35N3O2. The van der Waals surface area contributed by atoms with E-state index < -0.39 is 0 Å². The smallest absolute Gasteiger partial charge is 0.266 e. The summed E-state index contributed by atoms with van der Waals surface area (Å²) in [5.41, 5.74) is 4.72. The van der Waals surface area contributed by atoms with Gasteiger partial charge in [-0.3, -0.25) is 14.2 Å². The number of para-hydroxylation sites is 1. The van der Waals surface area contributed by atoms with Crippen molar-refractivity contribution >= 4 is 16.8 Å². The van der Waals surface area contributed by atoms with E-state index in [0.717, 1.165) is 23.2 Å². The summed E-state index contributed by atoms with van der Waals surface area (Å²) in [6.07, 6.45) is 1.18. The highest BCUT2D eigenvalue weighted by molar-refractivity contribution is 5.79. The molecule has 0 saturated carbocycles. The molecule has 0 aliphatic carbocycles. The molecule has 0 fully saturated rings. The Morgan fingerprint density at radius 1 is 0.917 bits per heavy atom. The fourth-order valence-electron chi connectivity index (χ4n) is 4.58. The van der Waals surface area contributed by atoms with E-state index >= 15 is 0 Å². The fourth-order valence-corrected chi connectivity index (χ4v) is 4.58. The van der Waals surface area contributed by atoms with Crippen LogP contribution in [0.3, 0.4) is 0 Å². The van der Waals surface area contributed by atoms with Crippen LogP contribution in [-0.2, 0) is 11.2 Å². The van der Waals surface area contributed by atoms with E-state index in [4.69, 9.17) is 4.98 Å². The van der Waals surface area contributed by atoms with Gasteiger partial charge >= 0.3 is 0 Å². The van der Waals surface area contributed by atoms with Crippen LogP contribution in [0.25, 0.3) is 16.6 Å². The lowest BCUT2D eigenvalue weighted by Crippen LogP contribution is -2.39. The summed E-state index contributed by atoms with van der Waals surface area (Å²) in [5, 5.41) is 0.566. The maximum absolute atomic E-state index is 13.8. The van der Waals surface area contributed by atoms with Gasteiger partial charge in [0.05, 0.1) is 22.6 Å². The van der Waals surface area contributed by atoms with Crippen molar-refractivity contribution in [1.82, 2.24) is 14.5 Å². The molecule has 1 heterocycles. The molecule has 1 amide bonds. The Kier molecular flexibility index (Phi) is 7.68. The summed E-state index contributed by atoms with van der Waals surface area (Å²) in [4.78, 5) is 34.2. The molecule has 4 rings (SSSR count). The predicted molar refractivity (Wildman–Crippen MR) is 147 cm³/mol. The van der Waals surface area contributed by atoms with Gasteiger partial charge in [-0.1, -0.05) is 62.4 Å². The number of benzene rings is 3. The quantitative estimate of drug-likeness (QED) is 0.302. The third-order valence-electron chi connectivity index (χ3n) is 6.78. The van der Waals surface area contributed by atoms with Gasteiger partial charge in [0.1, 0.15) is 5.82 Å². The summed E-state index contributed by atoms with van der Waals surface area (Å²) in [7, 11) is 0. The average molecular weight is 482 g/mol. The second-order valence-corrected chi connectivity index (χ2v) is 9.99. The largest absolute Gasteiger partial charge is 0.332 e. The van der Waals surface area contributed by atoms with Gasteiger partial charge in [-0.2, -0.15) is 0 Å². The van der Waals surface area contributed by atoms with Crippen LogP contribution in [0.1, 0.15) is 55.7 Å². The first kappa shape index (κ1) is 25.4. The molecule has 36 heavy (non-hydrogen) atoms. The zero-order chi connectivity index (χ0) is 25.8. The minimum atomic E-state index is -0.390. The van der Waals surface area contributed by atoms with Gasteiger partial charge in [-0.25, -0.2) is 4.98 Å². The van der Waals surface area contributed by atoms with Crippen molar-refractivity contribution in [3.63, 3.8) is 0 Å². The lowest BCUT2D eigenvalue weighted by Gasteiger charge is -2.31. The van der Waals surface area contributed by atoms with E-state index in [1.165, 1.54) is 5.56 Å². The van der Waals surface area contributed by atoms with Gasteiger partial charge < -0.3 is 4.90 Å². The SMILES string of the molecule is Cc1ccc(-n2c(C(C)N(CCc3ccccc3)C(=O)CC(C)C)nc3ccccc3c2=O)cc1C. The van der Waals surface area contributed by atoms with Crippen LogP contribution < -0.4 is 5.56 Å². The third kappa shape index (κ3) is 5.40. The van der Waals surface area contributed by atoms with E-state index in [-0.39, 0.29) is 23.4 Å². The molecule has 186 valence electrons. The lowest BCUT2D eigenvalue weighted by atomic mass is 10.1. The zero-order valence-electron chi connectivity index (χ0n) is 21.9. The number of aromatic nitrogens is 2. The number of fused-ring (bicyclic) bond motifs is 1. The minimum Gasteiger partial charge on any atom is -0.332 e. The Morgan fingerprint density at radius 3 is 2.31 bits per heavy atom. The number of aryl methyl sites for hydroxylation is 2. The van der Waals surface area contributed by atoms with Crippen molar-refractivity contribution in [3.05, 3.63) is 106 Å². The van der Waals surface area contributed by atoms with Crippen molar-refractivity contribution in [2.75, 3.05) is 6.54 Å². The molecule has 1 aromatic heterocycles. The van der Waals surface area contributed by atoms with Crippen molar-refractivity contribution < 1.29 is 4.79 Å². The van der Waals surface area contributed by atoms with E-state index in [2.05, 4.69) is 32.9 Å². The molecule has 1 atom stereocenters. The summed E-state index contributed by atoms with van der Waals surface area (Å²) in [5.74, 6) is 0.880. The topological polar surface area (TPSA) is 55.2 Å².